The van der Waals surface area contributed by atoms with E-state index in [4.69, 9.17) is 0 Å². The Hall–Kier alpha value is -1.56. The van der Waals surface area contributed by atoms with Crippen molar-refractivity contribution >= 4 is 5.96 Å². The number of likely N-dealkylation sites (tertiary alicyclic amines) is 1. The molecular weight excluding hydrogens is 312 g/mol. The first-order valence-electron chi connectivity index (χ1n) is 9.82. The normalized spacial score (nSPS) is 18.4. The minimum absolute atomic E-state index is 0.643. The Morgan fingerprint density at radius 1 is 1.24 bits per heavy atom. The molecule has 6 heteroatoms. The Labute approximate surface area is 153 Å². The second-order valence-electron chi connectivity index (χ2n) is 6.71. The van der Waals surface area contributed by atoms with Crippen LogP contribution in [-0.4, -0.2) is 64.8 Å². The number of nitrogens with one attached hydrogen (secondary N) is 1. The van der Waals surface area contributed by atoms with Gasteiger partial charge in [-0.05, 0) is 32.4 Å². The van der Waals surface area contributed by atoms with E-state index < -0.39 is 0 Å². The van der Waals surface area contributed by atoms with Gasteiger partial charge in [-0.15, -0.1) is 0 Å². The molecule has 0 aromatic carbocycles. The molecule has 25 heavy (non-hydrogen) atoms. The topological polar surface area (TPSA) is 48.7 Å². The Bertz CT molecular complexity index is 573. The van der Waals surface area contributed by atoms with Crippen molar-refractivity contribution in [2.75, 3.05) is 33.2 Å². The lowest BCUT2D eigenvalue weighted by Gasteiger charge is -2.27. The van der Waals surface area contributed by atoms with Gasteiger partial charge in [0.25, 0.3) is 0 Å². The van der Waals surface area contributed by atoms with Crippen LogP contribution in [0.3, 0.4) is 0 Å². The van der Waals surface area contributed by atoms with Gasteiger partial charge < -0.3 is 10.2 Å². The molecule has 2 rings (SSSR count). The highest BCUT2D eigenvalue weighted by Crippen LogP contribution is 2.17. The van der Waals surface area contributed by atoms with Crippen molar-refractivity contribution in [1.29, 1.82) is 0 Å². The molecule has 1 aromatic rings. The molecule has 1 fully saturated rings. The van der Waals surface area contributed by atoms with Crippen LogP contribution in [0.1, 0.15) is 51.1 Å². The number of aliphatic imine (C=N–C) groups is 1. The van der Waals surface area contributed by atoms with Crippen molar-refractivity contribution in [3.63, 3.8) is 0 Å². The SMILES string of the molecule is CCc1nn(C)c(CC)c1CNC(=NC)N1CCC(N(CC)CC)C1. The van der Waals surface area contributed by atoms with Crippen molar-refractivity contribution < 1.29 is 0 Å². The van der Waals surface area contributed by atoms with E-state index in [1.54, 1.807) is 0 Å². The molecule has 1 unspecified atom stereocenters. The van der Waals surface area contributed by atoms with Crippen molar-refractivity contribution in [2.45, 2.75) is 59.5 Å². The van der Waals surface area contributed by atoms with Gasteiger partial charge in [0.15, 0.2) is 5.96 Å². The minimum atomic E-state index is 0.643. The molecule has 1 aromatic heterocycles. The van der Waals surface area contributed by atoms with Gasteiger partial charge in [0.05, 0.1) is 5.69 Å². The van der Waals surface area contributed by atoms with Crippen LogP contribution >= 0.6 is 0 Å². The fourth-order valence-electron chi connectivity index (χ4n) is 4.07. The lowest BCUT2D eigenvalue weighted by molar-refractivity contribution is 0.223. The fraction of sp³-hybridized carbons (Fsp3) is 0.789. The summed E-state index contributed by atoms with van der Waals surface area (Å²) >= 11 is 0. The molecule has 6 nitrogen and oxygen atoms in total. The molecule has 0 saturated carbocycles. The van der Waals surface area contributed by atoms with E-state index in [2.05, 4.69) is 52.9 Å². The Balaban J connectivity index is 2.03. The van der Waals surface area contributed by atoms with Gasteiger partial charge in [0.2, 0.25) is 0 Å². The first-order valence-corrected chi connectivity index (χ1v) is 9.82. The summed E-state index contributed by atoms with van der Waals surface area (Å²) in [7, 11) is 3.93. The average molecular weight is 349 g/mol. The predicted octanol–water partition coefficient (Wildman–Crippen LogP) is 2.04. The zero-order valence-electron chi connectivity index (χ0n) is 17.0. The molecule has 1 saturated heterocycles. The summed E-state index contributed by atoms with van der Waals surface area (Å²) < 4.78 is 2.03. The maximum atomic E-state index is 4.68. The Morgan fingerprint density at radius 2 is 1.96 bits per heavy atom. The number of aryl methyl sites for hydroxylation is 2. The molecule has 1 aliphatic rings. The highest BCUT2D eigenvalue weighted by Gasteiger charge is 2.28. The maximum absolute atomic E-state index is 4.68. The lowest BCUT2D eigenvalue weighted by atomic mass is 10.1. The summed E-state index contributed by atoms with van der Waals surface area (Å²) in [6.45, 7) is 14.1. The van der Waals surface area contributed by atoms with Gasteiger partial charge in [0.1, 0.15) is 0 Å². The standard InChI is InChI=1S/C19H36N6/c1-7-17-16(18(8-2)23(6)22-17)13-21-19(20-5)25-12-11-15(14-25)24(9-3)10-4/h15H,7-14H2,1-6H3,(H,20,21). The van der Waals surface area contributed by atoms with Gasteiger partial charge in [-0.2, -0.15) is 5.10 Å². The first kappa shape index (κ1) is 19.8. The van der Waals surface area contributed by atoms with E-state index >= 15 is 0 Å². The monoisotopic (exact) mass is 348 g/mol. The van der Waals surface area contributed by atoms with E-state index in [0.29, 0.717) is 6.04 Å². The van der Waals surface area contributed by atoms with Crippen molar-refractivity contribution in [2.24, 2.45) is 12.0 Å². The number of likely N-dealkylation sites (N-methyl/N-ethyl adjacent to an activating group) is 1. The van der Waals surface area contributed by atoms with Crippen LogP contribution in [0.25, 0.3) is 0 Å². The van der Waals surface area contributed by atoms with E-state index in [9.17, 15) is 0 Å². The van der Waals surface area contributed by atoms with Gasteiger partial charge in [-0.3, -0.25) is 14.6 Å². The summed E-state index contributed by atoms with van der Waals surface area (Å²) in [5, 5.41) is 8.27. The number of rotatable bonds is 7. The third-order valence-electron chi connectivity index (χ3n) is 5.45. The highest BCUT2D eigenvalue weighted by atomic mass is 15.3. The van der Waals surface area contributed by atoms with Crippen LogP contribution < -0.4 is 5.32 Å². The maximum Gasteiger partial charge on any atom is 0.193 e. The van der Waals surface area contributed by atoms with Crippen LogP contribution in [0.2, 0.25) is 0 Å². The van der Waals surface area contributed by atoms with Crippen LogP contribution in [0.4, 0.5) is 0 Å². The van der Waals surface area contributed by atoms with Gasteiger partial charge in [-0.25, -0.2) is 0 Å². The van der Waals surface area contributed by atoms with Crippen molar-refractivity contribution in [3.8, 4) is 0 Å². The molecule has 2 heterocycles. The molecule has 0 bridgehead atoms. The molecule has 0 amide bonds. The Morgan fingerprint density at radius 3 is 2.52 bits per heavy atom. The second kappa shape index (κ2) is 9.22. The summed E-state index contributed by atoms with van der Waals surface area (Å²) in [4.78, 5) is 9.49. The van der Waals surface area contributed by atoms with Crippen LogP contribution in [0.15, 0.2) is 4.99 Å². The van der Waals surface area contributed by atoms with Crippen molar-refractivity contribution in [1.82, 2.24) is 24.9 Å². The summed E-state index contributed by atoms with van der Waals surface area (Å²) in [5.41, 5.74) is 3.86. The largest absolute Gasteiger partial charge is 0.352 e. The molecule has 142 valence electrons. The Kier molecular flexibility index (Phi) is 7.29. The van der Waals surface area contributed by atoms with Crippen LogP contribution in [0.5, 0.6) is 0 Å². The third kappa shape index (κ3) is 4.35. The number of aromatic nitrogens is 2. The molecule has 1 aliphatic heterocycles. The lowest BCUT2D eigenvalue weighted by Crippen LogP contribution is -2.43. The van der Waals surface area contributed by atoms with Gasteiger partial charge >= 0.3 is 0 Å². The third-order valence-corrected chi connectivity index (χ3v) is 5.45. The highest BCUT2D eigenvalue weighted by molar-refractivity contribution is 5.80. The molecule has 1 N–H and O–H groups in total. The summed E-state index contributed by atoms with van der Waals surface area (Å²) in [6.07, 6.45) is 3.19. The zero-order chi connectivity index (χ0) is 18.4. The summed E-state index contributed by atoms with van der Waals surface area (Å²) in [6, 6.07) is 0.643. The average Bonchev–Trinajstić information content (AvgIpc) is 3.21. The van der Waals surface area contributed by atoms with Gasteiger partial charge in [0, 0.05) is 51.0 Å². The summed E-state index contributed by atoms with van der Waals surface area (Å²) in [5.74, 6) is 1.02. The molecule has 0 radical (unpaired) electrons. The number of hydrogen-bond donors (Lipinski definition) is 1. The fourth-order valence-corrected chi connectivity index (χ4v) is 4.07. The van der Waals surface area contributed by atoms with Crippen LogP contribution in [-0.2, 0) is 26.4 Å². The van der Waals surface area contributed by atoms with E-state index in [1.165, 1.54) is 23.4 Å². The number of hydrogen-bond acceptors (Lipinski definition) is 3. The molecular formula is C19H36N6. The second-order valence-corrected chi connectivity index (χ2v) is 6.71. The van der Waals surface area contributed by atoms with E-state index in [0.717, 1.165) is 51.5 Å². The smallest absolute Gasteiger partial charge is 0.193 e. The van der Waals surface area contributed by atoms with Crippen molar-refractivity contribution in [3.05, 3.63) is 17.0 Å². The number of nitrogens with zero attached hydrogens (tertiary/aromatic N) is 5. The predicted molar refractivity (Wildman–Crippen MR) is 105 cm³/mol. The molecule has 0 spiro atoms. The van der Waals surface area contributed by atoms with E-state index in [1.807, 2.05) is 18.8 Å². The quantitative estimate of drug-likeness (QED) is 0.605. The van der Waals surface area contributed by atoms with E-state index in [-0.39, 0.29) is 0 Å². The van der Waals surface area contributed by atoms with Crippen LogP contribution in [0, 0.1) is 0 Å². The first-order chi connectivity index (χ1) is 12.1. The van der Waals surface area contributed by atoms with Gasteiger partial charge in [-0.1, -0.05) is 27.7 Å². The molecule has 1 atom stereocenters. The number of guanidine groups is 1. The minimum Gasteiger partial charge on any atom is -0.352 e. The molecule has 0 aliphatic carbocycles. The zero-order valence-corrected chi connectivity index (χ0v) is 17.0.